The van der Waals surface area contributed by atoms with E-state index < -0.39 is 33.2 Å². The summed E-state index contributed by atoms with van der Waals surface area (Å²) >= 11 is 0. The number of hydrogen-bond donors (Lipinski definition) is 0. The number of sulfone groups is 1. The highest BCUT2D eigenvalue weighted by Crippen LogP contribution is 2.39. The Morgan fingerprint density at radius 1 is 0.882 bits per heavy atom. The van der Waals surface area contributed by atoms with Crippen molar-refractivity contribution >= 4 is 20.7 Å². The van der Waals surface area contributed by atoms with Crippen LogP contribution in [0.25, 0.3) is 22.0 Å². The molecule has 3 aromatic carbocycles. The molecule has 4 rings (SSSR count). The summed E-state index contributed by atoms with van der Waals surface area (Å²) in [5.41, 5.74) is -0.929. The molecule has 0 aliphatic carbocycles. The van der Waals surface area contributed by atoms with Crippen LogP contribution in [0.2, 0.25) is 0 Å². The highest BCUT2D eigenvalue weighted by molar-refractivity contribution is 7.90. The molecule has 0 unspecified atom stereocenters. The highest BCUT2D eigenvalue weighted by atomic mass is 32.2. The van der Waals surface area contributed by atoms with Crippen LogP contribution in [0.15, 0.2) is 65.6 Å². The van der Waals surface area contributed by atoms with Gasteiger partial charge in [0.2, 0.25) is 0 Å². The first-order chi connectivity index (χ1) is 15.8. The number of halogens is 5. The van der Waals surface area contributed by atoms with E-state index in [1.807, 2.05) is 0 Å². The highest BCUT2D eigenvalue weighted by Gasteiger charge is 2.33. The Morgan fingerprint density at radius 3 is 2.29 bits per heavy atom. The molecule has 0 saturated heterocycles. The molecule has 4 aromatic rings. The van der Waals surface area contributed by atoms with Crippen LogP contribution in [0.4, 0.5) is 22.0 Å². The standard InChI is InChI=1S/C24H16F5NO3S/c1-13-8-19(18-4-3-5-21(23(18)30-13)24(27,28)29)20-12-15(6-7-22(20)26)33-16-9-14(25)10-17(11-16)34(2,31)32/h3-12H,1-2H3. The zero-order chi connectivity index (χ0) is 24.8. The Labute approximate surface area is 191 Å². The van der Waals surface area contributed by atoms with Crippen LogP contribution in [-0.2, 0) is 16.0 Å². The maximum atomic E-state index is 14.8. The molecule has 0 bridgehead atoms. The van der Waals surface area contributed by atoms with Crippen molar-refractivity contribution in [1.29, 1.82) is 0 Å². The summed E-state index contributed by atoms with van der Waals surface area (Å²) in [6.45, 7) is 1.49. The zero-order valence-electron chi connectivity index (χ0n) is 17.7. The van der Waals surface area contributed by atoms with Gasteiger partial charge in [-0.15, -0.1) is 0 Å². The monoisotopic (exact) mass is 493 g/mol. The molecule has 1 heterocycles. The largest absolute Gasteiger partial charge is 0.457 e. The number of nitrogens with zero attached hydrogens (tertiary/aromatic N) is 1. The lowest BCUT2D eigenvalue weighted by Gasteiger charge is -2.15. The first-order valence-corrected chi connectivity index (χ1v) is 11.7. The molecule has 0 saturated carbocycles. The molecule has 0 aliphatic rings. The second-order valence-electron chi connectivity index (χ2n) is 7.65. The van der Waals surface area contributed by atoms with Gasteiger partial charge in [0.25, 0.3) is 0 Å². The molecule has 0 spiro atoms. The molecular weight excluding hydrogens is 477 g/mol. The maximum absolute atomic E-state index is 14.8. The minimum atomic E-state index is -4.66. The number of benzene rings is 3. The third kappa shape index (κ3) is 4.72. The van der Waals surface area contributed by atoms with E-state index in [1.54, 1.807) is 0 Å². The number of fused-ring (bicyclic) bond motifs is 1. The van der Waals surface area contributed by atoms with Crippen molar-refractivity contribution in [1.82, 2.24) is 4.98 Å². The van der Waals surface area contributed by atoms with Crippen LogP contribution in [-0.4, -0.2) is 19.7 Å². The summed E-state index contributed by atoms with van der Waals surface area (Å²) in [5, 5.41) is 0.0848. The lowest BCUT2D eigenvalue weighted by atomic mass is 9.97. The lowest BCUT2D eigenvalue weighted by molar-refractivity contribution is -0.136. The predicted molar refractivity (Wildman–Crippen MR) is 116 cm³/mol. The van der Waals surface area contributed by atoms with E-state index >= 15 is 0 Å². The van der Waals surface area contributed by atoms with Crippen LogP contribution in [0.3, 0.4) is 0 Å². The predicted octanol–water partition coefficient (Wildman–Crippen LogP) is 6.70. The summed E-state index contributed by atoms with van der Waals surface area (Å²) in [6, 6.07) is 11.4. The fourth-order valence-electron chi connectivity index (χ4n) is 3.55. The van der Waals surface area contributed by atoms with Crippen molar-refractivity contribution in [3.63, 3.8) is 0 Å². The summed E-state index contributed by atoms with van der Waals surface area (Å²) < 4.78 is 98.4. The Balaban J connectivity index is 1.85. The fraction of sp³-hybridized carbons (Fsp3) is 0.125. The van der Waals surface area contributed by atoms with Gasteiger partial charge in [-0.2, -0.15) is 13.2 Å². The molecule has 10 heteroatoms. The SMILES string of the molecule is Cc1cc(-c2cc(Oc3cc(F)cc(S(C)(=O)=O)c3)ccc2F)c2cccc(C(F)(F)F)c2n1. The fourth-order valence-corrected chi connectivity index (χ4v) is 4.21. The number of para-hydroxylation sites is 1. The van der Waals surface area contributed by atoms with E-state index in [0.29, 0.717) is 0 Å². The van der Waals surface area contributed by atoms with E-state index in [9.17, 15) is 30.4 Å². The number of aryl methyl sites for hydroxylation is 1. The molecule has 0 radical (unpaired) electrons. The quantitative estimate of drug-likeness (QED) is 0.297. The summed E-state index contributed by atoms with van der Waals surface area (Å²) in [4.78, 5) is 3.71. The first kappa shape index (κ1) is 23.6. The van der Waals surface area contributed by atoms with Gasteiger partial charge >= 0.3 is 6.18 Å². The van der Waals surface area contributed by atoms with Gasteiger partial charge in [-0.3, -0.25) is 4.98 Å². The average molecular weight is 493 g/mol. The molecule has 0 aliphatic heterocycles. The van der Waals surface area contributed by atoms with Crippen molar-refractivity contribution < 1.29 is 35.1 Å². The van der Waals surface area contributed by atoms with Crippen LogP contribution in [0.1, 0.15) is 11.3 Å². The van der Waals surface area contributed by atoms with Gasteiger partial charge in [0.15, 0.2) is 9.84 Å². The smallest absolute Gasteiger partial charge is 0.418 e. The lowest BCUT2D eigenvalue weighted by Crippen LogP contribution is -2.07. The van der Waals surface area contributed by atoms with E-state index in [1.165, 1.54) is 37.3 Å². The van der Waals surface area contributed by atoms with Crippen LogP contribution < -0.4 is 4.74 Å². The number of alkyl halides is 3. The van der Waals surface area contributed by atoms with E-state index in [-0.39, 0.29) is 44.1 Å². The average Bonchev–Trinajstić information content (AvgIpc) is 2.72. The van der Waals surface area contributed by atoms with Gasteiger partial charge in [-0.25, -0.2) is 17.2 Å². The van der Waals surface area contributed by atoms with Crippen molar-refractivity contribution in [2.45, 2.75) is 18.0 Å². The van der Waals surface area contributed by atoms with E-state index in [0.717, 1.165) is 36.6 Å². The molecular formula is C24H16F5NO3S. The molecule has 4 nitrogen and oxygen atoms in total. The molecule has 0 atom stereocenters. The van der Waals surface area contributed by atoms with Gasteiger partial charge in [0, 0.05) is 29.0 Å². The number of ether oxygens (including phenoxy) is 1. The van der Waals surface area contributed by atoms with Gasteiger partial charge in [0.1, 0.15) is 23.1 Å². The van der Waals surface area contributed by atoms with E-state index in [2.05, 4.69) is 4.98 Å². The minimum Gasteiger partial charge on any atom is -0.457 e. The van der Waals surface area contributed by atoms with Crippen LogP contribution in [0.5, 0.6) is 11.5 Å². The van der Waals surface area contributed by atoms with Gasteiger partial charge in [-0.05, 0) is 55.0 Å². The Kier molecular flexibility index (Phi) is 5.80. The Morgan fingerprint density at radius 2 is 1.62 bits per heavy atom. The van der Waals surface area contributed by atoms with Gasteiger partial charge < -0.3 is 4.74 Å². The normalized spacial score (nSPS) is 12.2. The molecule has 0 N–H and O–H groups in total. The zero-order valence-corrected chi connectivity index (χ0v) is 18.6. The topological polar surface area (TPSA) is 56.3 Å². The second kappa shape index (κ2) is 8.35. The number of hydrogen-bond acceptors (Lipinski definition) is 4. The Bertz CT molecular complexity index is 1530. The number of rotatable bonds is 4. The van der Waals surface area contributed by atoms with Crippen molar-refractivity contribution in [2.24, 2.45) is 0 Å². The third-order valence-corrected chi connectivity index (χ3v) is 6.10. The summed E-state index contributed by atoms with van der Waals surface area (Å²) in [5.74, 6) is -1.70. The summed E-state index contributed by atoms with van der Waals surface area (Å²) in [6.07, 6.45) is -3.75. The minimum absolute atomic E-state index is 0.0241. The molecule has 1 aromatic heterocycles. The summed E-state index contributed by atoms with van der Waals surface area (Å²) in [7, 11) is -3.72. The molecule has 0 amide bonds. The van der Waals surface area contributed by atoms with Crippen LogP contribution >= 0.6 is 0 Å². The van der Waals surface area contributed by atoms with Gasteiger partial charge in [0.05, 0.1) is 16.0 Å². The maximum Gasteiger partial charge on any atom is 0.418 e. The number of pyridine rings is 1. The van der Waals surface area contributed by atoms with E-state index in [4.69, 9.17) is 4.74 Å². The number of aromatic nitrogens is 1. The Hall–Kier alpha value is -3.53. The second-order valence-corrected chi connectivity index (χ2v) is 9.66. The molecule has 34 heavy (non-hydrogen) atoms. The van der Waals surface area contributed by atoms with Crippen molar-refractivity contribution in [2.75, 3.05) is 6.26 Å². The van der Waals surface area contributed by atoms with Crippen molar-refractivity contribution in [3.05, 3.63) is 83.6 Å². The first-order valence-electron chi connectivity index (χ1n) is 9.79. The van der Waals surface area contributed by atoms with Gasteiger partial charge in [-0.1, -0.05) is 12.1 Å². The molecule has 0 fully saturated rings. The third-order valence-electron chi connectivity index (χ3n) is 5.01. The molecule has 176 valence electrons. The van der Waals surface area contributed by atoms with Crippen molar-refractivity contribution in [3.8, 4) is 22.6 Å². The van der Waals surface area contributed by atoms with Crippen LogP contribution in [0, 0.1) is 18.6 Å².